The number of fused-ring (bicyclic) bond motifs is 1. The van der Waals surface area contributed by atoms with Crippen molar-refractivity contribution in [1.29, 1.82) is 0 Å². The van der Waals surface area contributed by atoms with Crippen LogP contribution in [0.15, 0.2) is 76.7 Å². The molecule has 1 fully saturated rings. The van der Waals surface area contributed by atoms with Crippen molar-refractivity contribution in [2.24, 2.45) is 32.9 Å². The van der Waals surface area contributed by atoms with Crippen LogP contribution in [0.5, 0.6) is 5.75 Å². The van der Waals surface area contributed by atoms with Crippen molar-refractivity contribution in [2.75, 3.05) is 19.6 Å². The molecule has 1 saturated heterocycles. The van der Waals surface area contributed by atoms with Gasteiger partial charge in [-0.15, -0.1) is 0 Å². The van der Waals surface area contributed by atoms with Crippen LogP contribution in [0.3, 0.4) is 0 Å². The van der Waals surface area contributed by atoms with E-state index in [1.54, 1.807) is 12.1 Å². The summed E-state index contributed by atoms with van der Waals surface area (Å²) in [5.41, 5.74) is 23.2. The second-order valence-corrected chi connectivity index (χ2v) is 12.3. The lowest BCUT2D eigenvalue weighted by molar-refractivity contribution is -0.134. The fraction of sp³-hybridized carbons (Fsp3) is 0.343. The third-order valence-electron chi connectivity index (χ3n) is 8.26. The van der Waals surface area contributed by atoms with Gasteiger partial charge in [0.05, 0.1) is 6.54 Å². The zero-order valence-corrected chi connectivity index (χ0v) is 28.5. The Morgan fingerprint density at radius 3 is 1.83 bits per heavy atom. The Labute approximate surface area is 300 Å². The number of hydrogen-bond acceptors (Lipinski definition) is 8. The van der Waals surface area contributed by atoms with E-state index in [1.807, 2.05) is 42.5 Å². The van der Waals surface area contributed by atoms with Crippen LogP contribution in [0.1, 0.15) is 30.4 Å². The zero-order chi connectivity index (χ0) is 37.6. The van der Waals surface area contributed by atoms with E-state index in [0.29, 0.717) is 5.56 Å². The third-order valence-corrected chi connectivity index (χ3v) is 8.26. The highest BCUT2D eigenvalue weighted by Crippen LogP contribution is 2.17. The number of carbonyl (C=O) groups excluding carboxylic acids is 5. The predicted molar refractivity (Wildman–Crippen MR) is 195 cm³/mol. The molecule has 0 saturated carbocycles. The van der Waals surface area contributed by atoms with Gasteiger partial charge in [0.25, 0.3) is 0 Å². The lowest BCUT2D eigenvalue weighted by Gasteiger charge is -2.26. The van der Waals surface area contributed by atoms with Gasteiger partial charge >= 0.3 is 0 Å². The summed E-state index contributed by atoms with van der Waals surface area (Å²) in [5.74, 6) is -3.87. The molecule has 1 aliphatic heterocycles. The van der Waals surface area contributed by atoms with Crippen molar-refractivity contribution in [3.63, 3.8) is 0 Å². The summed E-state index contributed by atoms with van der Waals surface area (Å²) >= 11 is 0. The standard InChI is InChI=1S/C35H45N11O6/c36-34(37)40-14-3-6-25-31(50)46-27(18-21-7-10-22-4-1-2-5-23(22)16-21)30(49)42-19-29(48)43-28(17-20-8-11-24(47)12-9-20)33(52)45-26(32(51)44-25)13-15-41-35(38)39/h1-2,4-5,7-12,16,25-28,47H,3,6,13-15,17-19H2,(H,42,49)(H,43,48)(H,44,51)(H,45,52)(H,46,50)(H4,36,37,40)(H4,38,39,41)/t25-,26-,27-,28+/m0/s1. The van der Waals surface area contributed by atoms with Crippen molar-refractivity contribution >= 4 is 52.2 Å². The minimum Gasteiger partial charge on any atom is -0.508 e. The summed E-state index contributed by atoms with van der Waals surface area (Å²) in [4.78, 5) is 76.1. The molecule has 3 aromatic rings. The van der Waals surface area contributed by atoms with Gasteiger partial charge in [0.1, 0.15) is 29.9 Å². The minimum atomic E-state index is -1.25. The van der Waals surface area contributed by atoms with E-state index in [4.69, 9.17) is 22.9 Å². The molecule has 0 radical (unpaired) electrons. The molecule has 3 aromatic carbocycles. The topological polar surface area (TPSA) is 295 Å². The highest BCUT2D eigenvalue weighted by Gasteiger charge is 2.32. The van der Waals surface area contributed by atoms with Crippen LogP contribution in [0.25, 0.3) is 10.8 Å². The summed E-state index contributed by atoms with van der Waals surface area (Å²) in [6.07, 6.45) is 0.310. The Morgan fingerprint density at radius 2 is 1.15 bits per heavy atom. The number of nitrogens with two attached hydrogens (primary N) is 4. The van der Waals surface area contributed by atoms with Crippen molar-refractivity contribution in [3.8, 4) is 5.75 Å². The van der Waals surface area contributed by atoms with Crippen LogP contribution in [0, 0.1) is 0 Å². The lowest BCUT2D eigenvalue weighted by Crippen LogP contribution is -2.58. The highest BCUT2D eigenvalue weighted by molar-refractivity contribution is 5.97. The van der Waals surface area contributed by atoms with E-state index in [-0.39, 0.29) is 62.9 Å². The van der Waals surface area contributed by atoms with Gasteiger partial charge in [-0.05, 0) is 53.3 Å². The number of amides is 5. The molecule has 17 heteroatoms. The van der Waals surface area contributed by atoms with Crippen molar-refractivity contribution < 1.29 is 29.1 Å². The lowest BCUT2D eigenvalue weighted by atomic mass is 10.0. The van der Waals surface area contributed by atoms with Crippen molar-refractivity contribution in [2.45, 2.75) is 56.3 Å². The molecule has 1 aliphatic rings. The number of nitrogens with zero attached hydrogens (tertiary/aromatic N) is 2. The van der Waals surface area contributed by atoms with E-state index in [0.717, 1.165) is 16.3 Å². The molecule has 1 heterocycles. The average Bonchev–Trinajstić information content (AvgIpc) is 3.11. The van der Waals surface area contributed by atoms with Gasteiger partial charge in [-0.3, -0.25) is 34.0 Å². The molecule has 5 amide bonds. The summed E-state index contributed by atoms with van der Waals surface area (Å²) in [6, 6.07) is 14.5. The Balaban J connectivity index is 1.68. The fourth-order valence-electron chi connectivity index (χ4n) is 5.60. The number of hydrogen-bond donors (Lipinski definition) is 10. The molecule has 0 aliphatic carbocycles. The van der Waals surface area contributed by atoms with Gasteiger partial charge in [0.15, 0.2) is 11.9 Å². The fourth-order valence-corrected chi connectivity index (χ4v) is 5.60. The van der Waals surface area contributed by atoms with Crippen LogP contribution >= 0.6 is 0 Å². The van der Waals surface area contributed by atoms with Crippen LogP contribution in [0.2, 0.25) is 0 Å². The van der Waals surface area contributed by atoms with Gasteiger partial charge < -0.3 is 54.6 Å². The second-order valence-electron chi connectivity index (χ2n) is 12.3. The number of aliphatic imine (C=N–C) groups is 2. The monoisotopic (exact) mass is 715 g/mol. The van der Waals surface area contributed by atoms with Gasteiger partial charge in [0.2, 0.25) is 29.5 Å². The first-order valence-electron chi connectivity index (χ1n) is 16.7. The zero-order valence-electron chi connectivity index (χ0n) is 28.5. The molecule has 52 heavy (non-hydrogen) atoms. The number of phenols is 1. The number of guanidine groups is 2. The molecule has 4 rings (SSSR count). The normalized spacial score (nSPS) is 20.2. The van der Waals surface area contributed by atoms with E-state index < -0.39 is 60.2 Å². The predicted octanol–water partition coefficient (Wildman–Crippen LogP) is -1.88. The second kappa shape index (κ2) is 18.6. The first kappa shape index (κ1) is 38.4. The van der Waals surface area contributed by atoms with Crippen LogP contribution in [-0.4, -0.2) is 90.4 Å². The molecule has 17 nitrogen and oxygen atoms in total. The molecule has 14 N–H and O–H groups in total. The quantitative estimate of drug-likeness (QED) is 0.0599. The maximum atomic E-state index is 13.9. The molecular weight excluding hydrogens is 670 g/mol. The first-order valence-corrected chi connectivity index (χ1v) is 16.7. The van der Waals surface area contributed by atoms with E-state index in [1.165, 1.54) is 12.1 Å². The number of benzene rings is 3. The van der Waals surface area contributed by atoms with Gasteiger partial charge in [-0.1, -0.05) is 54.6 Å². The van der Waals surface area contributed by atoms with Crippen molar-refractivity contribution in [1.82, 2.24) is 26.6 Å². The summed E-state index contributed by atoms with van der Waals surface area (Å²) in [5, 5.41) is 25.0. The first-order chi connectivity index (χ1) is 24.9. The minimum absolute atomic E-state index is 0.00717. The van der Waals surface area contributed by atoms with Crippen LogP contribution < -0.4 is 49.5 Å². The molecule has 0 bridgehead atoms. The Bertz CT molecular complexity index is 1810. The van der Waals surface area contributed by atoms with E-state index in [9.17, 15) is 29.1 Å². The molecule has 0 spiro atoms. The number of aromatic hydroxyl groups is 1. The molecular formula is C35H45N11O6. The average molecular weight is 716 g/mol. The largest absolute Gasteiger partial charge is 0.508 e. The van der Waals surface area contributed by atoms with E-state index >= 15 is 0 Å². The number of phenolic OH excluding ortho intramolecular Hbond substituents is 1. The summed E-state index contributed by atoms with van der Waals surface area (Å²) in [6.45, 7) is -0.418. The summed E-state index contributed by atoms with van der Waals surface area (Å²) < 4.78 is 0. The molecule has 276 valence electrons. The number of carbonyl (C=O) groups is 5. The van der Waals surface area contributed by atoms with Gasteiger partial charge in [0, 0.05) is 25.9 Å². The Hall–Kier alpha value is -6.39. The molecule has 4 atom stereocenters. The number of rotatable bonds is 11. The maximum Gasteiger partial charge on any atom is 0.243 e. The Morgan fingerprint density at radius 1 is 0.615 bits per heavy atom. The smallest absolute Gasteiger partial charge is 0.243 e. The SMILES string of the molecule is NC(N)=NCCC[C@@H]1NC(=O)[C@H](CCN=C(N)N)NC(=O)[C@@H](Cc2ccc(O)cc2)NC(=O)CNC(=O)[C@H](Cc2ccc3ccccc3c2)NC1=O. The van der Waals surface area contributed by atoms with Gasteiger partial charge in [-0.25, -0.2) is 0 Å². The van der Waals surface area contributed by atoms with E-state index in [2.05, 4.69) is 36.6 Å². The molecule has 0 unspecified atom stereocenters. The molecule has 0 aromatic heterocycles. The van der Waals surface area contributed by atoms with Crippen LogP contribution in [0.4, 0.5) is 0 Å². The highest BCUT2D eigenvalue weighted by atomic mass is 16.3. The van der Waals surface area contributed by atoms with Gasteiger partial charge in [-0.2, -0.15) is 0 Å². The third kappa shape index (κ3) is 11.9. The number of nitrogens with one attached hydrogen (secondary N) is 5. The maximum absolute atomic E-state index is 13.9. The summed E-state index contributed by atoms with van der Waals surface area (Å²) in [7, 11) is 0. The van der Waals surface area contributed by atoms with Crippen molar-refractivity contribution in [3.05, 3.63) is 77.9 Å². The Kier molecular flexibility index (Phi) is 13.7. The van der Waals surface area contributed by atoms with Crippen LogP contribution in [-0.2, 0) is 36.8 Å².